The van der Waals surface area contributed by atoms with Crippen LogP contribution >= 0.6 is 0 Å². The summed E-state index contributed by atoms with van der Waals surface area (Å²) >= 11 is 0. The van der Waals surface area contributed by atoms with Gasteiger partial charge in [-0.25, -0.2) is 13.2 Å². The number of amides is 4. The number of carbonyl (C=O) groups excluding carboxylic acids is 3. The molecule has 0 N–H and O–H groups in total. The van der Waals surface area contributed by atoms with Crippen LogP contribution in [0, 0.1) is 0 Å². The molecule has 3 rings (SSSR count). The van der Waals surface area contributed by atoms with Gasteiger partial charge in [0, 0.05) is 46.2 Å². The summed E-state index contributed by atoms with van der Waals surface area (Å²) in [5, 5.41) is 0. The van der Waals surface area contributed by atoms with Crippen LogP contribution in [0.15, 0.2) is 35.2 Å². The molecule has 0 bridgehead atoms. The van der Waals surface area contributed by atoms with Gasteiger partial charge in [0.25, 0.3) is 0 Å². The van der Waals surface area contributed by atoms with Crippen molar-refractivity contribution in [2.75, 3.05) is 46.3 Å². The first-order valence-corrected chi connectivity index (χ1v) is 10.6. The van der Waals surface area contributed by atoms with Crippen molar-refractivity contribution in [3.8, 4) is 0 Å². The maximum absolute atomic E-state index is 12.6. The maximum atomic E-state index is 12.6. The number of likely N-dealkylation sites (N-methyl/N-ethyl adjacent to an activating group) is 1. The Bertz CT molecular complexity index is 850. The number of hydrogen-bond donors (Lipinski definition) is 0. The molecule has 1 aromatic carbocycles. The highest BCUT2D eigenvalue weighted by Gasteiger charge is 2.33. The third kappa shape index (κ3) is 4.17. The van der Waals surface area contributed by atoms with Crippen molar-refractivity contribution in [3.05, 3.63) is 30.3 Å². The third-order valence-corrected chi connectivity index (χ3v) is 6.89. The monoisotopic (exact) mass is 408 g/mol. The van der Waals surface area contributed by atoms with Crippen LogP contribution in [0.1, 0.15) is 12.8 Å². The minimum Gasteiger partial charge on any atom is -0.340 e. The fourth-order valence-electron chi connectivity index (χ4n) is 3.35. The van der Waals surface area contributed by atoms with Crippen molar-refractivity contribution >= 4 is 27.9 Å². The molecule has 2 saturated heterocycles. The van der Waals surface area contributed by atoms with Crippen molar-refractivity contribution < 1.29 is 22.8 Å². The maximum Gasteiger partial charge on any atom is 0.326 e. The molecule has 1 aromatic rings. The first kappa shape index (κ1) is 20.3. The zero-order valence-electron chi connectivity index (χ0n) is 15.8. The quantitative estimate of drug-likeness (QED) is 0.626. The normalized spacial score (nSPS) is 18.8. The molecule has 10 heteroatoms. The molecule has 2 aliphatic heterocycles. The van der Waals surface area contributed by atoms with Crippen molar-refractivity contribution in [3.63, 3.8) is 0 Å². The summed E-state index contributed by atoms with van der Waals surface area (Å²) in [6.45, 7) is 1.44. The average Bonchev–Trinajstić information content (AvgIpc) is 2.94. The first-order valence-electron chi connectivity index (χ1n) is 9.19. The first-order chi connectivity index (χ1) is 13.3. The number of imide groups is 1. The second-order valence-corrected chi connectivity index (χ2v) is 8.82. The van der Waals surface area contributed by atoms with Gasteiger partial charge in [-0.1, -0.05) is 18.2 Å². The van der Waals surface area contributed by atoms with E-state index in [-0.39, 0.29) is 55.3 Å². The van der Waals surface area contributed by atoms with E-state index >= 15 is 0 Å². The summed E-state index contributed by atoms with van der Waals surface area (Å²) in [7, 11) is -1.98. The Kier molecular flexibility index (Phi) is 5.99. The lowest BCUT2D eigenvalue weighted by Gasteiger charge is -2.34. The summed E-state index contributed by atoms with van der Waals surface area (Å²) in [5.41, 5.74) is 0. The number of rotatable bonds is 6. The van der Waals surface area contributed by atoms with E-state index < -0.39 is 10.0 Å². The molecule has 0 atom stereocenters. The van der Waals surface area contributed by atoms with Crippen LogP contribution in [0.2, 0.25) is 0 Å². The Morgan fingerprint density at radius 1 is 1.04 bits per heavy atom. The van der Waals surface area contributed by atoms with E-state index in [9.17, 15) is 22.8 Å². The molecular formula is C18H24N4O5S. The molecular weight excluding hydrogens is 384 g/mol. The molecule has 2 fully saturated rings. The Labute approximate surface area is 164 Å². The van der Waals surface area contributed by atoms with Gasteiger partial charge >= 0.3 is 6.03 Å². The lowest BCUT2D eigenvalue weighted by molar-refractivity contribution is -0.133. The second kappa shape index (κ2) is 8.27. The van der Waals surface area contributed by atoms with Gasteiger partial charge in [0.05, 0.1) is 4.90 Å². The van der Waals surface area contributed by atoms with E-state index in [4.69, 9.17) is 0 Å². The molecule has 2 heterocycles. The van der Waals surface area contributed by atoms with Crippen molar-refractivity contribution in [1.82, 2.24) is 19.0 Å². The minimum absolute atomic E-state index is 0.0740. The van der Waals surface area contributed by atoms with Crippen LogP contribution in [0.25, 0.3) is 0 Å². The largest absolute Gasteiger partial charge is 0.340 e. The summed E-state index contributed by atoms with van der Waals surface area (Å²) in [5.74, 6) is -0.344. The molecule has 0 aromatic heterocycles. The Hall–Kier alpha value is -2.46. The van der Waals surface area contributed by atoms with Gasteiger partial charge in [-0.05, 0) is 18.6 Å². The van der Waals surface area contributed by atoms with Gasteiger partial charge in [-0.2, -0.15) is 4.31 Å². The highest BCUT2D eigenvalue weighted by molar-refractivity contribution is 7.89. The summed E-state index contributed by atoms with van der Waals surface area (Å²) < 4.78 is 26.6. The predicted octanol–water partition coefficient (Wildman–Crippen LogP) is 0.194. The number of urea groups is 1. The summed E-state index contributed by atoms with van der Waals surface area (Å²) in [6.07, 6.45) is 0.610. The van der Waals surface area contributed by atoms with Crippen molar-refractivity contribution in [2.24, 2.45) is 0 Å². The molecule has 9 nitrogen and oxygen atoms in total. The second-order valence-electron chi connectivity index (χ2n) is 6.89. The van der Waals surface area contributed by atoms with Crippen molar-refractivity contribution in [1.29, 1.82) is 0 Å². The van der Waals surface area contributed by atoms with Gasteiger partial charge in [0.15, 0.2) is 0 Å². The number of benzene rings is 1. The molecule has 0 unspecified atom stereocenters. The van der Waals surface area contributed by atoms with E-state index in [1.165, 1.54) is 9.21 Å². The van der Waals surface area contributed by atoms with Crippen LogP contribution in [-0.4, -0.2) is 91.6 Å². The number of carbonyl (C=O) groups is 3. The highest BCUT2D eigenvalue weighted by Crippen LogP contribution is 2.18. The Morgan fingerprint density at radius 2 is 1.68 bits per heavy atom. The number of sulfonamides is 1. The predicted molar refractivity (Wildman–Crippen MR) is 101 cm³/mol. The summed E-state index contributed by atoms with van der Waals surface area (Å²) in [4.78, 5) is 40.3. The third-order valence-electron chi connectivity index (χ3n) is 4.98. The zero-order valence-corrected chi connectivity index (χ0v) is 16.6. The fourth-order valence-corrected chi connectivity index (χ4v) is 4.80. The van der Waals surface area contributed by atoms with E-state index in [0.717, 1.165) is 4.90 Å². The lowest BCUT2D eigenvalue weighted by Crippen LogP contribution is -2.50. The molecule has 28 heavy (non-hydrogen) atoms. The molecule has 0 saturated carbocycles. The van der Waals surface area contributed by atoms with Gasteiger partial charge in [0.2, 0.25) is 21.8 Å². The van der Waals surface area contributed by atoms with Gasteiger partial charge in [-0.15, -0.1) is 0 Å². The molecule has 0 aliphatic carbocycles. The number of nitrogens with zero attached hydrogens (tertiary/aromatic N) is 4. The van der Waals surface area contributed by atoms with E-state index in [1.54, 1.807) is 42.3 Å². The van der Waals surface area contributed by atoms with Crippen LogP contribution in [0.5, 0.6) is 0 Å². The highest BCUT2D eigenvalue weighted by atomic mass is 32.2. The molecule has 0 radical (unpaired) electrons. The molecule has 4 amide bonds. The van der Waals surface area contributed by atoms with Gasteiger partial charge < -0.3 is 9.80 Å². The number of hydrogen-bond acceptors (Lipinski definition) is 5. The van der Waals surface area contributed by atoms with E-state index in [0.29, 0.717) is 19.5 Å². The van der Waals surface area contributed by atoms with Crippen LogP contribution in [0.4, 0.5) is 4.79 Å². The van der Waals surface area contributed by atoms with Crippen LogP contribution in [-0.2, 0) is 19.6 Å². The SMILES string of the molecule is CN1CC(=O)N(CCCC(=O)N2CCN(S(=O)(=O)c3ccccc3)CC2)C1=O. The molecule has 2 aliphatic rings. The minimum atomic E-state index is -3.55. The standard InChI is InChI=1S/C18H24N4O5S/c1-19-14-17(24)22(18(19)25)9-5-8-16(23)20-10-12-21(13-11-20)28(26,27)15-6-3-2-4-7-15/h2-4,6-7H,5,8-14H2,1H3. The Balaban J connectivity index is 1.46. The zero-order chi connectivity index (χ0) is 20.3. The fraction of sp³-hybridized carbons (Fsp3) is 0.500. The average molecular weight is 408 g/mol. The van der Waals surface area contributed by atoms with Crippen molar-refractivity contribution in [2.45, 2.75) is 17.7 Å². The Morgan fingerprint density at radius 3 is 2.25 bits per heavy atom. The summed E-state index contributed by atoms with van der Waals surface area (Å²) in [6, 6.07) is 7.91. The molecule has 0 spiro atoms. The number of piperazine rings is 1. The van der Waals surface area contributed by atoms with Crippen LogP contribution in [0.3, 0.4) is 0 Å². The topological polar surface area (TPSA) is 98.3 Å². The molecule has 152 valence electrons. The van der Waals surface area contributed by atoms with E-state index in [1.807, 2.05) is 0 Å². The van der Waals surface area contributed by atoms with E-state index in [2.05, 4.69) is 0 Å². The van der Waals surface area contributed by atoms with Gasteiger partial charge in [0.1, 0.15) is 6.54 Å². The van der Waals surface area contributed by atoms with Crippen LogP contribution < -0.4 is 0 Å². The van der Waals surface area contributed by atoms with Gasteiger partial charge in [-0.3, -0.25) is 14.5 Å². The smallest absolute Gasteiger partial charge is 0.326 e. The lowest BCUT2D eigenvalue weighted by atomic mass is 10.2.